The highest BCUT2D eigenvalue weighted by Gasteiger charge is 2.46. The summed E-state index contributed by atoms with van der Waals surface area (Å²) in [6, 6.07) is 24.4. The standard InChI is InChI=1S/C21H20BrF2N3O2.C21H21F2N3O4S.C7H7BrO/c1-14-6-16(22)2-5-20(14)28-9-15-8-21(29-10-15,11-27-13-25-12-26-27)18-4-3-17(23)7-19(18)24;1-15-2-5-18(6-3-15)31(27,28)30-11-16-9-21(29-10-16,12-26-14-24-13-25-26)19-7-4-17(22)8-20(19)23;1-5-4-6(8)2-3-7(5)9/h2-7,12-13,15H,8-11H2,1H3;2-8,13-14,16H,9-12H2,1H3;2-4,9H,1H3/t15-,21+;16-,21-;/m10./s1. The molecule has 5 aromatic carbocycles. The van der Waals surface area contributed by atoms with Gasteiger partial charge in [0.2, 0.25) is 0 Å². The maximum absolute atomic E-state index is 14.6. The molecule has 2 aliphatic heterocycles. The molecule has 69 heavy (non-hydrogen) atoms. The van der Waals surface area contributed by atoms with Crippen LogP contribution in [0.4, 0.5) is 17.6 Å². The second-order valence-corrected chi connectivity index (χ2v) is 20.3. The maximum atomic E-state index is 14.6. The van der Waals surface area contributed by atoms with Gasteiger partial charge in [0.15, 0.2) is 0 Å². The molecule has 7 aromatic rings. The molecule has 0 aliphatic carbocycles. The molecule has 2 saturated heterocycles. The van der Waals surface area contributed by atoms with Crippen molar-refractivity contribution in [1.29, 1.82) is 0 Å². The molecule has 20 heteroatoms. The third-order valence-corrected chi connectivity index (χ3v) is 13.9. The Morgan fingerprint density at radius 2 is 1.19 bits per heavy atom. The Bertz CT molecular complexity index is 2940. The van der Waals surface area contributed by atoms with Gasteiger partial charge in [-0.3, -0.25) is 4.18 Å². The number of ether oxygens (including phenoxy) is 3. The van der Waals surface area contributed by atoms with E-state index in [9.17, 15) is 26.0 Å². The van der Waals surface area contributed by atoms with Crippen LogP contribution in [0.2, 0.25) is 0 Å². The molecule has 0 spiro atoms. The van der Waals surface area contributed by atoms with Crippen LogP contribution in [0.5, 0.6) is 11.5 Å². The van der Waals surface area contributed by atoms with Gasteiger partial charge in [-0.25, -0.2) is 36.9 Å². The number of phenols is 1. The number of rotatable bonds is 13. The van der Waals surface area contributed by atoms with Crippen molar-refractivity contribution in [1.82, 2.24) is 29.5 Å². The normalized spacial score (nSPS) is 19.9. The molecular formula is C49H48Br2F4N6O7S. The summed E-state index contributed by atoms with van der Waals surface area (Å²) < 4.78 is 110. The number of aromatic nitrogens is 6. The van der Waals surface area contributed by atoms with Crippen LogP contribution in [0, 0.1) is 55.9 Å². The Balaban J connectivity index is 0.000000173. The van der Waals surface area contributed by atoms with Crippen molar-refractivity contribution in [2.45, 2.75) is 62.8 Å². The van der Waals surface area contributed by atoms with Gasteiger partial charge in [-0.15, -0.1) is 0 Å². The molecule has 2 aromatic heterocycles. The highest BCUT2D eigenvalue weighted by Crippen LogP contribution is 2.43. The van der Waals surface area contributed by atoms with Crippen molar-refractivity contribution in [3.05, 3.63) is 182 Å². The first-order valence-electron chi connectivity index (χ1n) is 21.6. The number of halogens is 6. The molecular weight excluding hydrogens is 1050 g/mol. The second kappa shape index (κ2) is 22.5. The van der Waals surface area contributed by atoms with Gasteiger partial charge < -0.3 is 19.3 Å². The third-order valence-electron chi connectivity index (χ3n) is 11.6. The highest BCUT2D eigenvalue weighted by atomic mass is 79.9. The Hall–Kier alpha value is -5.51. The topological polar surface area (TPSA) is 153 Å². The first-order chi connectivity index (χ1) is 32.9. The zero-order valence-corrected chi connectivity index (χ0v) is 41.6. The summed E-state index contributed by atoms with van der Waals surface area (Å²) in [7, 11) is -3.94. The zero-order valence-electron chi connectivity index (χ0n) is 37.6. The fraction of sp³-hybridized carbons (Fsp3) is 0.306. The summed E-state index contributed by atoms with van der Waals surface area (Å²) >= 11 is 6.73. The molecule has 9 rings (SSSR count). The van der Waals surface area contributed by atoms with Crippen LogP contribution in [-0.2, 0) is 48.1 Å². The van der Waals surface area contributed by atoms with Crippen molar-refractivity contribution in [3.8, 4) is 11.5 Å². The zero-order chi connectivity index (χ0) is 49.3. The average molecular weight is 1100 g/mol. The van der Waals surface area contributed by atoms with E-state index in [1.54, 1.807) is 29.2 Å². The lowest BCUT2D eigenvalue weighted by atomic mass is 9.87. The largest absolute Gasteiger partial charge is 0.508 e. The number of phenolic OH excluding ortho intramolecular Hbond substituents is 1. The van der Waals surface area contributed by atoms with E-state index in [0.29, 0.717) is 30.9 Å². The van der Waals surface area contributed by atoms with Crippen molar-refractivity contribution in [2.75, 3.05) is 26.4 Å². The van der Waals surface area contributed by atoms with Gasteiger partial charge >= 0.3 is 0 Å². The SMILES string of the molecule is Cc1cc(Br)ccc1O.Cc1cc(Br)ccc1OC[C@@H]1CO[C@@](Cn2cncn2)(c2ccc(F)cc2F)C1.Cc1ccc(S(=O)(=O)OC[C@@H]2CO[C@@](Cn3cncn3)(c3ccc(F)cc3F)C2)cc1. The first kappa shape index (κ1) is 51.3. The van der Waals surface area contributed by atoms with E-state index < -0.39 is 44.6 Å². The van der Waals surface area contributed by atoms with E-state index in [1.807, 2.05) is 51.1 Å². The van der Waals surface area contributed by atoms with Crippen LogP contribution in [0.25, 0.3) is 0 Å². The van der Waals surface area contributed by atoms with Crippen LogP contribution in [0.3, 0.4) is 0 Å². The smallest absolute Gasteiger partial charge is 0.296 e. The summed E-state index contributed by atoms with van der Waals surface area (Å²) in [6.07, 6.45) is 6.57. The van der Waals surface area contributed by atoms with Gasteiger partial charge in [-0.2, -0.15) is 18.6 Å². The minimum atomic E-state index is -3.94. The van der Waals surface area contributed by atoms with Crippen LogP contribution in [0.15, 0.2) is 136 Å². The monoisotopic (exact) mass is 1100 g/mol. The Kier molecular flexibility index (Phi) is 16.7. The van der Waals surface area contributed by atoms with Gasteiger partial charge in [0.1, 0.15) is 71.3 Å². The van der Waals surface area contributed by atoms with Gasteiger partial charge in [0.25, 0.3) is 10.1 Å². The molecule has 2 fully saturated rings. The maximum Gasteiger partial charge on any atom is 0.296 e. The quantitative estimate of drug-likeness (QED) is 0.0867. The van der Waals surface area contributed by atoms with E-state index in [2.05, 4.69) is 52.0 Å². The lowest BCUT2D eigenvalue weighted by Crippen LogP contribution is -2.32. The molecule has 0 radical (unpaired) electrons. The Morgan fingerprint density at radius 1 is 0.681 bits per heavy atom. The number of hydrogen-bond donors (Lipinski definition) is 1. The molecule has 13 nitrogen and oxygen atoms in total. The van der Waals surface area contributed by atoms with E-state index in [-0.39, 0.29) is 55.0 Å². The lowest BCUT2D eigenvalue weighted by Gasteiger charge is -2.29. The van der Waals surface area contributed by atoms with Crippen molar-refractivity contribution in [3.63, 3.8) is 0 Å². The van der Waals surface area contributed by atoms with E-state index in [1.165, 1.54) is 54.0 Å². The third kappa shape index (κ3) is 13.2. The molecule has 4 atom stereocenters. The predicted octanol–water partition coefficient (Wildman–Crippen LogP) is 10.3. The van der Waals surface area contributed by atoms with Crippen LogP contribution < -0.4 is 4.74 Å². The number of benzene rings is 5. The Morgan fingerprint density at radius 3 is 1.65 bits per heavy atom. The first-order valence-corrected chi connectivity index (χ1v) is 24.6. The van der Waals surface area contributed by atoms with Crippen molar-refractivity contribution in [2.24, 2.45) is 11.8 Å². The summed E-state index contributed by atoms with van der Waals surface area (Å²) in [5.74, 6) is -1.82. The molecule has 4 heterocycles. The van der Waals surface area contributed by atoms with Crippen LogP contribution in [0.1, 0.15) is 40.7 Å². The number of aromatic hydroxyl groups is 1. The second-order valence-electron chi connectivity index (χ2n) is 16.9. The van der Waals surface area contributed by atoms with Crippen LogP contribution in [-0.4, -0.2) is 69.5 Å². The van der Waals surface area contributed by atoms with E-state index in [0.717, 1.165) is 49.6 Å². The van der Waals surface area contributed by atoms with Crippen molar-refractivity contribution >= 4 is 42.0 Å². The fourth-order valence-corrected chi connectivity index (χ4v) is 10.1. The van der Waals surface area contributed by atoms with Gasteiger partial charge in [0, 0.05) is 44.0 Å². The average Bonchev–Trinajstić information content (AvgIpc) is 4.15. The van der Waals surface area contributed by atoms with E-state index in [4.69, 9.17) is 23.5 Å². The fourth-order valence-electron chi connectivity index (χ4n) is 8.13. The highest BCUT2D eigenvalue weighted by molar-refractivity contribution is 9.10. The minimum Gasteiger partial charge on any atom is -0.508 e. The summed E-state index contributed by atoms with van der Waals surface area (Å²) in [5.41, 5.74) is 1.22. The lowest BCUT2D eigenvalue weighted by molar-refractivity contribution is -0.0209. The predicted molar refractivity (Wildman–Crippen MR) is 253 cm³/mol. The van der Waals surface area contributed by atoms with E-state index >= 15 is 0 Å². The summed E-state index contributed by atoms with van der Waals surface area (Å²) in [5, 5.41) is 17.2. The van der Waals surface area contributed by atoms with Crippen LogP contribution >= 0.6 is 31.9 Å². The number of nitrogens with zero attached hydrogens (tertiary/aromatic N) is 6. The molecule has 0 amide bonds. The molecule has 0 unspecified atom stereocenters. The molecule has 1 N–H and O–H groups in total. The summed E-state index contributed by atoms with van der Waals surface area (Å²) in [6.45, 7) is 6.98. The van der Waals surface area contributed by atoms with Gasteiger partial charge in [-0.1, -0.05) is 61.7 Å². The van der Waals surface area contributed by atoms with Gasteiger partial charge in [-0.05, 0) is 105 Å². The number of hydrogen-bond acceptors (Lipinski definition) is 11. The summed E-state index contributed by atoms with van der Waals surface area (Å²) in [4.78, 5) is 7.91. The Labute approximate surface area is 413 Å². The van der Waals surface area contributed by atoms with Crippen molar-refractivity contribution < 1.29 is 49.5 Å². The molecule has 364 valence electrons. The number of aryl methyl sites for hydroxylation is 3. The molecule has 2 aliphatic rings. The van der Waals surface area contributed by atoms with Gasteiger partial charge in [0.05, 0.1) is 44.4 Å². The molecule has 0 bridgehead atoms. The minimum absolute atomic E-state index is 0.0472. The molecule has 0 saturated carbocycles.